The summed E-state index contributed by atoms with van der Waals surface area (Å²) >= 11 is 0. The summed E-state index contributed by atoms with van der Waals surface area (Å²) in [6, 6.07) is 14.1. The van der Waals surface area contributed by atoms with Crippen LogP contribution in [0.15, 0.2) is 48.5 Å². The van der Waals surface area contributed by atoms with Crippen LogP contribution in [0.4, 0.5) is 0 Å². The van der Waals surface area contributed by atoms with Crippen molar-refractivity contribution in [2.75, 3.05) is 20.8 Å². The van der Waals surface area contributed by atoms with E-state index in [2.05, 4.69) is 0 Å². The molecule has 106 valence electrons. The van der Waals surface area contributed by atoms with Gasteiger partial charge in [0.05, 0.1) is 20.8 Å². The van der Waals surface area contributed by atoms with Gasteiger partial charge in [0.25, 0.3) is 0 Å². The Labute approximate surface area is 118 Å². The summed E-state index contributed by atoms with van der Waals surface area (Å²) < 4.78 is 10.5. The fourth-order valence-electron chi connectivity index (χ4n) is 2.18. The summed E-state index contributed by atoms with van der Waals surface area (Å²) in [4.78, 5) is 0. The maximum absolute atomic E-state index is 10.9. The van der Waals surface area contributed by atoms with Crippen molar-refractivity contribution in [3.8, 4) is 11.5 Å². The van der Waals surface area contributed by atoms with Crippen molar-refractivity contribution in [2.24, 2.45) is 0 Å². The van der Waals surface area contributed by atoms with E-state index >= 15 is 0 Å². The number of hydrogen-bond acceptors (Lipinski definition) is 4. The lowest BCUT2D eigenvalue weighted by molar-refractivity contribution is 0.0153. The van der Waals surface area contributed by atoms with Gasteiger partial charge in [-0.25, -0.2) is 0 Å². The molecule has 2 rings (SSSR count). The molecule has 0 heterocycles. The van der Waals surface area contributed by atoms with Crippen LogP contribution in [-0.4, -0.2) is 31.0 Å². The van der Waals surface area contributed by atoms with E-state index in [-0.39, 0.29) is 0 Å². The second kappa shape index (κ2) is 5.94. The second-order valence-electron chi connectivity index (χ2n) is 4.45. The molecule has 1 unspecified atom stereocenters. The van der Waals surface area contributed by atoms with E-state index in [4.69, 9.17) is 9.47 Å². The molecule has 20 heavy (non-hydrogen) atoms. The van der Waals surface area contributed by atoms with Crippen LogP contribution in [0, 0.1) is 0 Å². The van der Waals surface area contributed by atoms with Gasteiger partial charge in [-0.2, -0.15) is 0 Å². The van der Waals surface area contributed by atoms with Crippen molar-refractivity contribution in [1.29, 1.82) is 0 Å². The Bertz CT molecular complexity index is 568. The highest BCUT2D eigenvalue weighted by molar-refractivity contribution is 5.48. The first-order chi connectivity index (χ1) is 9.65. The number of aliphatic hydroxyl groups excluding tert-OH is 1. The fraction of sp³-hybridized carbons (Fsp3) is 0.250. The summed E-state index contributed by atoms with van der Waals surface area (Å²) in [7, 11) is 3.07. The minimum atomic E-state index is -1.54. The fourth-order valence-corrected chi connectivity index (χ4v) is 2.18. The van der Waals surface area contributed by atoms with E-state index in [9.17, 15) is 10.2 Å². The minimum absolute atomic E-state index is 0.458. The zero-order valence-corrected chi connectivity index (χ0v) is 11.5. The zero-order chi connectivity index (χ0) is 14.6. The molecule has 0 radical (unpaired) electrons. The van der Waals surface area contributed by atoms with Gasteiger partial charge in [-0.3, -0.25) is 0 Å². The van der Waals surface area contributed by atoms with Crippen LogP contribution in [0.1, 0.15) is 11.1 Å². The van der Waals surface area contributed by atoms with E-state index in [0.29, 0.717) is 22.6 Å². The van der Waals surface area contributed by atoms with E-state index in [1.807, 2.05) is 18.2 Å². The Morgan fingerprint density at radius 1 is 1.00 bits per heavy atom. The Balaban J connectivity index is 2.61. The number of methoxy groups -OCH3 is 2. The van der Waals surface area contributed by atoms with Crippen LogP contribution in [0.5, 0.6) is 11.5 Å². The molecule has 0 bridgehead atoms. The number of aliphatic hydroxyl groups is 2. The molecule has 0 saturated carbocycles. The highest BCUT2D eigenvalue weighted by Gasteiger charge is 2.34. The van der Waals surface area contributed by atoms with Gasteiger partial charge < -0.3 is 19.7 Å². The molecule has 0 amide bonds. The lowest BCUT2D eigenvalue weighted by Crippen LogP contribution is -2.32. The molecular formula is C16H18O4. The highest BCUT2D eigenvalue weighted by atomic mass is 16.5. The van der Waals surface area contributed by atoms with Crippen molar-refractivity contribution in [1.82, 2.24) is 0 Å². The number of ether oxygens (including phenoxy) is 2. The monoisotopic (exact) mass is 274 g/mol. The topological polar surface area (TPSA) is 58.9 Å². The van der Waals surface area contributed by atoms with E-state index in [1.54, 1.807) is 37.4 Å². The maximum atomic E-state index is 10.9. The SMILES string of the molecule is COc1ccc(OC)c(C(O)(CO)c2ccccc2)c1. The molecular weight excluding hydrogens is 256 g/mol. The molecule has 4 heteroatoms. The van der Waals surface area contributed by atoms with Crippen LogP contribution < -0.4 is 9.47 Å². The molecule has 0 aliphatic carbocycles. The average molecular weight is 274 g/mol. The molecule has 0 fully saturated rings. The molecule has 0 spiro atoms. The Hall–Kier alpha value is -2.04. The lowest BCUT2D eigenvalue weighted by atomic mass is 9.86. The van der Waals surface area contributed by atoms with Crippen molar-refractivity contribution in [2.45, 2.75) is 5.60 Å². The van der Waals surface area contributed by atoms with Gasteiger partial charge in [0.1, 0.15) is 17.1 Å². The number of rotatable bonds is 5. The zero-order valence-electron chi connectivity index (χ0n) is 11.5. The van der Waals surface area contributed by atoms with E-state index < -0.39 is 12.2 Å². The highest BCUT2D eigenvalue weighted by Crippen LogP contribution is 2.37. The quantitative estimate of drug-likeness (QED) is 0.874. The molecule has 2 aromatic carbocycles. The molecule has 0 aliphatic rings. The van der Waals surface area contributed by atoms with E-state index in [0.717, 1.165) is 0 Å². The van der Waals surface area contributed by atoms with Crippen LogP contribution in [0.2, 0.25) is 0 Å². The van der Waals surface area contributed by atoms with Gasteiger partial charge in [0.15, 0.2) is 0 Å². The summed E-state index contributed by atoms with van der Waals surface area (Å²) in [5, 5.41) is 20.6. The molecule has 0 saturated heterocycles. The van der Waals surface area contributed by atoms with E-state index in [1.165, 1.54) is 7.11 Å². The first-order valence-electron chi connectivity index (χ1n) is 6.27. The molecule has 2 N–H and O–H groups in total. The summed E-state index contributed by atoms with van der Waals surface area (Å²) in [5.74, 6) is 1.08. The van der Waals surface area contributed by atoms with Gasteiger partial charge >= 0.3 is 0 Å². The third kappa shape index (κ3) is 2.48. The summed E-state index contributed by atoms with van der Waals surface area (Å²) in [6.45, 7) is -0.458. The second-order valence-corrected chi connectivity index (χ2v) is 4.45. The molecule has 0 aliphatic heterocycles. The molecule has 1 atom stereocenters. The smallest absolute Gasteiger partial charge is 0.141 e. The Kier molecular flexibility index (Phi) is 4.27. The molecule has 2 aromatic rings. The maximum Gasteiger partial charge on any atom is 0.141 e. The number of hydrogen-bond donors (Lipinski definition) is 2. The van der Waals surface area contributed by atoms with Crippen molar-refractivity contribution >= 4 is 0 Å². The van der Waals surface area contributed by atoms with Crippen molar-refractivity contribution in [3.05, 3.63) is 59.7 Å². The largest absolute Gasteiger partial charge is 0.497 e. The normalized spacial score (nSPS) is 13.6. The Morgan fingerprint density at radius 2 is 1.70 bits per heavy atom. The molecule has 4 nitrogen and oxygen atoms in total. The standard InChI is InChI=1S/C16H18O4/c1-19-13-8-9-15(20-2)14(10-13)16(18,11-17)12-6-4-3-5-7-12/h3-10,17-18H,11H2,1-2H3. The van der Waals surface area contributed by atoms with Crippen LogP contribution >= 0.6 is 0 Å². The van der Waals surface area contributed by atoms with Gasteiger partial charge in [0.2, 0.25) is 0 Å². The van der Waals surface area contributed by atoms with Gasteiger partial charge in [0, 0.05) is 5.56 Å². The number of benzene rings is 2. The third-order valence-corrected chi connectivity index (χ3v) is 3.33. The lowest BCUT2D eigenvalue weighted by Gasteiger charge is -2.29. The van der Waals surface area contributed by atoms with Crippen LogP contribution in [0.25, 0.3) is 0 Å². The third-order valence-electron chi connectivity index (χ3n) is 3.33. The van der Waals surface area contributed by atoms with Gasteiger partial charge in [-0.1, -0.05) is 30.3 Å². The predicted octanol–water partition coefficient (Wildman–Crippen LogP) is 1.93. The summed E-state index contributed by atoms with van der Waals surface area (Å²) in [6.07, 6.45) is 0. The first kappa shape index (κ1) is 14.4. The summed E-state index contributed by atoms with van der Waals surface area (Å²) in [5.41, 5.74) is -0.483. The predicted molar refractivity (Wildman–Crippen MR) is 76.1 cm³/mol. The molecule has 0 aromatic heterocycles. The van der Waals surface area contributed by atoms with Crippen molar-refractivity contribution in [3.63, 3.8) is 0 Å². The van der Waals surface area contributed by atoms with Gasteiger partial charge in [-0.05, 0) is 23.8 Å². The van der Waals surface area contributed by atoms with Crippen LogP contribution in [0.3, 0.4) is 0 Å². The average Bonchev–Trinajstić information content (AvgIpc) is 2.54. The van der Waals surface area contributed by atoms with Gasteiger partial charge in [-0.15, -0.1) is 0 Å². The Morgan fingerprint density at radius 3 is 2.25 bits per heavy atom. The minimum Gasteiger partial charge on any atom is -0.497 e. The first-order valence-corrected chi connectivity index (χ1v) is 6.27. The van der Waals surface area contributed by atoms with Crippen molar-refractivity contribution < 1.29 is 19.7 Å². The van der Waals surface area contributed by atoms with Crippen LogP contribution in [-0.2, 0) is 5.60 Å².